The van der Waals surface area contributed by atoms with Crippen molar-refractivity contribution < 1.29 is 0 Å². The molecule has 1 aliphatic heterocycles. The molecule has 0 unspecified atom stereocenters. The number of nitrogens with zero attached hydrogens (tertiary/aromatic N) is 1. The first kappa shape index (κ1) is 13.2. The van der Waals surface area contributed by atoms with Gasteiger partial charge in [-0.25, -0.2) is 0 Å². The van der Waals surface area contributed by atoms with Gasteiger partial charge in [-0.15, -0.1) is 0 Å². The van der Waals surface area contributed by atoms with E-state index in [4.69, 9.17) is 0 Å². The minimum Gasteiger partial charge on any atom is -0.315 e. The van der Waals surface area contributed by atoms with Gasteiger partial charge in [0.1, 0.15) is 0 Å². The van der Waals surface area contributed by atoms with Gasteiger partial charge in [-0.2, -0.15) is 0 Å². The molecule has 0 radical (unpaired) electrons. The largest absolute Gasteiger partial charge is 0.315 e. The zero-order chi connectivity index (χ0) is 11.6. The molecule has 0 saturated carbocycles. The minimum absolute atomic E-state index is 1.10. The van der Waals surface area contributed by atoms with Gasteiger partial charge in [0.15, 0.2) is 0 Å². The first-order valence-corrected chi connectivity index (χ1v) is 6.42. The van der Waals surface area contributed by atoms with E-state index in [1.54, 1.807) is 0 Å². The van der Waals surface area contributed by atoms with E-state index in [1.165, 1.54) is 31.6 Å². The second-order valence-corrected chi connectivity index (χ2v) is 3.87. The molecule has 0 amide bonds. The van der Waals surface area contributed by atoms with Crippen LogP contribution in [-0.2, 0) is 6.54 Å². The van der Waals surface area contributed by atoms with Crippen LogP contribution < -0.4 is 5.32 Å². The van der Waals surface area contributed by atoms with Crippen LogP contribution in [0.3, 0.4) is 0 Å². The summed E-state index contributed by atoms with van der Waals surface area (Å²) < 4.78 is 0. The second-order valence-electron chi connectivity index (χ2n) is 3.87. The van der Waals surface area contributed by atoms with E-state index in [9.17, 15) is 0 Å². The lowest BCUT2D eigenvalue weighted by molar-refractivity contribution is 0.284. The predicted octanol–water partition coefficient (Wildman–Crippen LogP) is 2.51. The number of benzene rings is 1. The van der Waals surface area contributed by atoms with Crippen molar-refractivity contribution in [2.75, 3.05) is 26.2 Å². The molecule has 1 fully saturated rings. The molecule has 0 bridgehead atoms. The molecule has 1 N–H and O–H groups in total. The smallest absolute Gasteiger partial charge is 0.0234 e. The molecule has 1 aromatic carbocycles. The maximum atomic E-state index is 3.42. The van der Waals surface area contributed by atoms with Crippen LogP contribution in [0.1, 0.15) is 25.8 Å². The van der Waals surface area contributed by atoms with E-state index in [0.29, 0.717) is 0 Å². The van der Waals surface area contributed by atoms with Gasteiger partial charge in [0, 0.05) is 19.6 Å². The summed E-state index contributed by atoms with van der Waals surface area (Å²) in [7, 11) is 0. The first-order chi connectivity index (χ1) is 7.95. The van der Waals surface area contributed by atoms with E-state index in [0.717, 1.165) is 13.1 Å². The van der Waals surface area contributed by atoms with Crippen LogP contribution in [0.25, 0.3) is 0 Å². The summed E-state index contributed by atoms with van der Waals surface area (Å²) in [6.45, 7) is 9.80. The fourth-order valence-corrected chi connectivity index (χ4v) is 1.90. The van der Waals surface area contributed by atoms with Crippen LogP contribution in [0.15, 0.2) is 30.3 Å². The average Bonchev–Trinajstić information content (AvgIpc) is 2.62. The summed E-state index contributed by atoms with van der Waals surface area (Å²) >= 11 is 0. The van der Waals surface area contributed by atoms with Crippen molar-refractivity contribution in [3.05, 3.63) is 35.9 Å². The van der Waals surface area contributed by atoms with Crippen molar-refractivity contribution in [3.8, 4) is 0 Å². The molecule has 1 heterocycles. The van der Waals surface area contributed by atoms with Crippen LogP contribution in [0, 0.1) is 0 Å². The van der Waals surface area contributed by atoms with Crippen LogP contribution in [0.2, 0.25) is 0 Å². The fraction of sp³-hybridized carbons (Fsp3) is 0.571. The van der Waals surface area contributed by atoms with Gasteiger partial charge in [-0.05, 0) is 25.1 Å². The average molecular weight is 220 g/mol. The highest BCUT2D eigenvalue weighted by Crippen LogP contribution is 2.05. The Morgan fingerprint density at radius 3 is 2.56 bits per heavy atom. The highest BCUT2D eigenvalue weighted by atomic mass is 15.1. The van der Waals surface area contributed by atoms with Gasteiger partial charge in [0.25, 0.3) is 0 Å². The number of rotatable bonds is 2. The van der Waals surface area contributed by atoms with Gasteiger partial charge in [-0.1, -0.05) is 44.2 Å². The number of hydrogen-bond acceptors (Lipinski definition) is 2. The third-order valence-electron chi connectivity index (χ3n) is 2.68. The van der Waals surface area contributed by atoms with Crippen molar-refractivity contribution in [2.24, 2.45) is 0 Å². The molecule has 1 saturated heterocycles. The molecular weight excluding hydrogens is 196 g/mol. The summed E-state index contributed by atoms with van der Waals surface area (Å²) in [6.07, 6.45) is 1.27. The van der Waals surface area contributed by atoms with Crippen molar-refractivity contribution >= 4 is 0 Å². The summed E-state index contributed by atoms with van der Waals surface area (Å²) in [5.41, 5.74) is 1.43. The highest BCUT2D eigenvalue weighted by molar-refractivity contribution is 5.14. The van der Waals surface area contributed by atoms with Crippen molar-refractivity contribution in [2.45, 2.75) is 26.8 Å². The van der Waals surface area contributed by atoms with Crippen molar-refractivity contribution in [3.63, 3.8) is 0 Å². The Labute approximate surface area is 99.7 Å². The molecule has 2 rings (SSSR count). The van der Waals surface area contributed by atoms with E-state index in [2.05, 4.69) is 40.5 Å². The van der Waals surface area contributed by atoms with Gasteiger partial charge in [0.05, 0.1) is 0 Å². The number of nitrogens with one attached hydrogen (secondary N) is 1. The lowest BCUT2D eigenvalue weighted by atomic mass is 10.2. The van der Waals surface area contributed by atoms with Crippen molar-refractivity contribution in [1.82, 2.24) is 10.2 Å². The Kier molecular flexibility index (Phi) is 6.86. The molecule has 0 spiro atoms. The second kappa shape index (κ2) is 8.31. The molecule has 2 nitrogen and oxygen atoms in total. The van der Waals surface area contributed by atoms with Crippen molar-refractivity contribution in [1.29, 1.82) is 0 Å². The molecule has 1 aliphatic rings. The summed E-state index contributed by atoms with van der Waals surface area (Å²) in [4.78, 5) is 2.52. The minimum atomic E-state index is 1.10. The van der Waals surface area contributed by atoms with Gasteiger partial charge >= 0.3 is 0 Å². The molecular formula is C14H24N2. The third-order valence-corrected chi connectivity index (χ3v) is 2.68. The van der Waals surface area contributed by atoms with Gasteiger partial charge in [-0.3, -0.25) is 4.90 Å². The Morgan fingerprint density at radius 2 is 1.81 bits per heavy atom. The quantitative estimate of drug-likeness (QED) is 0.824. The molecule has 16 heavy (non-hydrogen) atoms. The van der Waals surface area contributed by atoms with Crippen LogP contribution >= 0.6 is 0 Å². The third kappa shape index (κ3) is 4.77. The van der Waals surface area contributed by atoms with E-state index in [1.807, 2.05) is 13.8 Å². The van der Waals surface area contributed by atoms with Gasteiger partial charge < -0.3 is 5.32 Å². The zero-order valence-corrected chi connectivity index (χ0v) is 10.6. The zero-order valence-electron chi connectivity index (χ0n) is 10.6. The van der Waals surface area contributed by atoms with Gasteiger partial charge in [0.2, 0.25) is 0 Å². The maximum absolute atomic E-state index is 3.42. The molecule has 90 valence electrons. The van der Waals surface area contributed by atoms with Crippen LogP contribution in [-0.4, -0.2) is 31.1 Å². The van der Waals surface area contributed by atoms with Crippen LogP contribution in [0.4, 0.5) is 0 Å². The number of hydrogen-bond donors (Lipinski definition) is 1. The Morgan fingerprint density at radius 1 is 1.06 bits per heavy atom. The first-order valence-electron chi connectivity index (χ1n) is 6.42. The standard InChI is InChI=1S/C12H18N2.C2H6/c1-2-5-12(6-3-1)11-14-9-4-7-13-8-10-14;1-2/h1-3,5-6,13H,4,7-11H2;1-2H3. The topological polar surface area (TPSA) is 15.3 Å². The summed E-state index contributed by atoms with van der Waals surface area (Å²) in [5, 5.41) is 3.42. The fourth-order valence-electron chi connectivity index (χ4n) is 1.90. The molecule has 0 aliphatic carbocycles. The van der Waals surface area contributed by atoms with E-state index >= 15 is 0 Å². The Hall–Kier alpha value is -0.860. The molecule has 1 aromatic rings. The lowest BCUT2D eigenvalue weighted by Crippen LogP contribution is -2.27. The van der Waals surface area contributed by atoms with E-state index in [-0.39, 0.29) is 0 Å². The maximum Gasteiger partial charge on any atom is 0.0234 e. The summed E-state index contributed by atoms with van der Waals surface area (Å²) in [6, 6.07) is 10.7. The summed E-state index contributed by atoms with van der Waals surface area (Å²) in [5.74, 6) is 0. The predicted molar refractivity (Wildman–Crippen MR) is 70.6 cm³/mol. The molecule has 0 atom stereocenters. The highest BCUT2D eigenvalue weighted by Gasteiger charge is 2.07. The molecule has 2 heteroatoms. The Bertz CT molecular complexity index is 251. The monoisotopic (exact) mass is 220 g/mol. The lowest BCUT2D eigenvalue weighted by Gasteiger charge is -2.19. The Balaban J connectivity index is 0.000000606. The van der Waals surface area contributed by atoms with Crippen LogP contribution in [0.5, 0.6) is 0 Å². The SMILES string of the molecule is CC.c1ccc(CN2CCCNCC2)cc1. The molecule has 0 aromatic heterocycles. The normalized spacial score (nSPS) is 17.1. The van der Waals surface area contributed by atoms with E-state index < -0.39 is 0 Å².